The van der Waals surface area contributed by atoms with E-state index in [0.717, 1.165) is 11.6 Å². The summed E-state index contributed by atoms with van der Waals surface area (Å²) in [5.74, 6) is -6.60. The van der Waals surface area contributed by atoms with E-state index >= 15 is 0 Å². The van der Waals surface area contributed by atoms with Crippen molar-refractivity contribution in [2.45, 2.75) is 20.8 Å². The second-order valence-electron chi connectivity index (χ2n) is 5.03. The summed E-state index contributed by atoms with van der Waals surface area (Å²) >= 11 is 0. The van der Waals surface area contributed by atoms with Gasteiger partial charge in [0.05, 0.1) is 5.56 Å². The van der Waals surface area contributed by atoms with Crippen LogP contribution in [0.3, 0.4) is 0 Å². The third-order valence-electron chi connectivity index (χ3n) is 3.46. The quantitative estimate of drug-likeness (QED) is 0.349. The Labute approximate surface area is 136 Å². The van der Waals surface area contributed by atoms with E-state index < -0.39 is 40.2 Å². The molecule has 0 spiro atoms. The third-order valence-corrected chi connectivity index (χ3v) is 3.46. The van der Waals surface area contributed by atoms with Gasteiger partial charge in [0.1, 0.15) is 11.6 Å². The molecule has 126 valence electrons. The fourth-order valence-electron chi connectivity index (χ4n) is 2.41. The Kier molecular flexibility index (Phi) is 5.22. The fraction of sp³-hybridized carbons (Fsp3) is 0.158. The van der Waals surface area contributed by atoms with E-state index in [1.54, 1.807) is 19.1 Å². The van der Waals surface area contributed by atoms with Gasteiger partial charge in [-0.2, -0.15) is 0 Å². The summed E-state index contributed by atoms with van der Waals surface area (Å²) in [6.07, 6.45) is 0. The smallest absolute Gasteiger partial charge is 0.194 e. The predicted octanol–water partition coefficient (Wildman–Crippen LogP) is 6.54. The van der Waals surface area contributed by atoms with Crippen molar-refractivity contribution in [1.82, 2.24) is 0 Å². The van der Waals surface area contributed by atoms with Crippen LogP contribution in [0.1, 0.15) is 19.4 Å². The van der Waals surface area contributed by atoms with Crippen molar-refractivity contribution in [2.75, 3.05) is 0 Å². The number of halogens is 5. The first-order valence-corrected chi connectivity index (χ1v) is 7.41. The standard InChI is InChI=1S/C17H9F5.C2H6/c1-8-2-3-11-9(4-8)5-12(18)15(16(11)21)10-6-13(19)17(22)14(20)7-10;1-2/h2-7H,1H3;1-2H3. The lowest BCUT2D eigenvalue weighted by atomic mass is 9.98. The fourth-order valence-corrected chi connectivity index (χ4v) is 2.41. The Balaban J connectivity index is 0.00000100. The molecular weight excluding hydrogens is 323 g/mol. The minimum absolute atomic E-state index is 0.118. The topological polar surface area (TPSA) is 0 Å². The Morgan fingerprint density at radius 3 is 1.83 bits per heavy atom. The van der Waals surface area contributed by atoms with Crippen LogP contribution in [0.25, 0.3) is 21.9 Å². The van der Waals surface area contributed by atoms with Crippen molar-refractivity contribution in [3.8, 4) is 11.1 Å². The minimum Gasteiger partial charge on any atom is -0.206 e. The van der Waals surface area contributed by atoms with Gasteiger partial charge in [-0.05, 0) is 36.1 Å². The highest BCUT2D eigenvalue weighted by atomic mass is 19.2. The Hall–Kier alpha value is -2.43. The zero-order valence-corrected chi connectivity index (χ0v) is 13.4. The van der Waals surface area contributed by atoms with Crippen LogP contribution in [0.5, 0.6) is 0 Å². The molecule has 0 aliphatic heterocycles. The van der Waals surface area contributed by atoms with E-state index in [9.17, 15) is 22.0 Å². The molecule has 0 saturated carbocycles. The molecule has 0 nitrogen and oxygen atoms in total. The minimum atomic E-state index is -1.68. The molecule has 0 aliphatic carbocycles. The SMILES string of the molecule is CC.Cc1ccc2c(F)c(-c3cc(F)c(F)c(F)c3)c(F)cc2c1. The summed E-state index contributed by atoms with van der Waals surface area (Å²) in [5.41, 5.74) is -0.166. The second kappa shape index (κ2) is 6.99. The lowest BCUT2D eigenvalue weighted by Crippen LogP contribution is -1.97. The van der Waals surface area contributed by atoms with Crippen LogP contribution in [0.15, 0.2) is 36.4 Å². The van der Waals surface area contributed by atoms with E-state index in [4.69, 9.17) is 0 Å². The summed E-state index contributed by atoms with van der Waals surface area (Å²) in [6, 6.07) is 6.91. The first kappa shape index (κ1) is 17.9. The van der Waals surface area contributed by atoms with E-state index in [1.165, 1.54) is 6.07 Å². The first-order valence-electron chi connectivity index (χ1n) is 7.41. The summed E-state index contributed by atoms with van der Waals surface area (Å²) in [5, 5.41) is 0.453. The highest BCUT2D eigenvalue weighted by Gasteiger charge is 2.19. The van der Waals surface area contributed by atoms with Gasteiger partial charge in [-0.25, -0.2) is 22.0 Å². The third kappa shape index (κ3) is 3.11. The molecule has 3 rings (SSSR count). The molecule has 0 unspecified atom stereocenters. The molecule has 24 heavy (non-hydrogen) atoms. The van der Waals surface area contributed by atoms with Gasteiger partial charge < -0.3 is 0 Å². The molecule has 0 fully saturated rings. The summed E-state index contributed by atoms with van der Waals surface area (Å²) in [7, 11) is 0. The zero-order chi connectivity index (χ0) is 18.0. The van der Waals surface area contributed by atoms with Gasteiger partial charge >= 0.3 is 0 Å². The molecule has 0 heterocycles. The van der Waals surface area contributed by atoms with Gasteiger partial charge in [-0.15, -0.1) is 0 Å². The van der Waals surface area contributed by atoms with Crippen LogP contribution in [0, 0.1) is 36.0 Å². The van der Waals surface area contributed by atoms with Gasteiger partial charge in [0.15, 0.2) is 17.5 Å². The molecule has 0 saturated heterocycles. The molecule has 0 bridgehead atoms. The zero-order valence-electron chi connectivity index (χ0n) is 13.4. The van der Waals surface area contributed by atoms with E-state index in [2.05, 4.69) is 0 Å². The number of hydrogen-bond acceptors (Lipinski definition) is 0. The van der Waals surface area contributed by atoms with Crippen molar-refractivity contribution < 1.29 is 22.0 Å². The maximum atomic E-state index is 14.5. The lowest BCUT2D eigenvalue weighted by Gasteiger charge is -2.10. The van der Waals surface area contributed by atoms with Crippen LogP contribution < -0.4 is 0 Å². The van der Waals surface area contributed by atoms with Crippen LogP contribution in [0.4, 0.5) is 22.0 Å². The molecule has 0 aliphatic rings. The summed E-state index contributed by atoms with van der Waals surface area (Å²) in [4.78, 5) is 0. The van der Waals surface area contributed by atoms with E-state index in [0.29, 0.717) is 17.5 Å². The van der Waals surface area contributed by atoms with Crippen LogP contribution >= 0.6 is 0 Å². The van der Waals surface area contributed by atoms with Gasteiger partial charge in [0.25, 0.3) is 0 Å². The van der Waals surface area contributed by atoms with Crippen molar-refractivity contribution in [3.63, 3.8) is 0 Å². The van der Waals surface area contributed by atoms with Crippen LogP contribution in [0.2, 0.25) is 0 Å². The summed E-state index contributed by atoms with van der Waals surface area (Å²) < 4.78 is 68.3. The molecule has 0 aromatic heterocycles. The van der Waals surface area contributed by atoms with E-state index in [1.807, 2.05) is 13.8 Å². The maximum Gasteiger partial charge on any atom is 0.194 e. The molecular formula is C19H15F5. The first-order chi connectivity index (χ1) is 11.4. The summed E-state index contributed by atoms with van der Waals surface area (Å²) in [6.45, 7) is 5.77. The van der Waals surface area contributed by atoms with Crippen molar-refractivity contribution in [3.05, 3.63) is 71.0 Å². The number of aryl methyl sites for hydroxylation is 1. The van der Waals surface area contributed by atoms with Crippen molar-refractivity contribution >= 4 is 10.8 Å². The normalized spacial score (nSPS) is 10.5. The van der Waals surface area contributed by atoms with Crippen molar-refractivity contribution in [2.24, 2.45) is 0 Å². The monoisotopic (exact) mass is 338 g/mol. The number of rotatable bonds is 1. The maximum absolute atomic E-state index is 14.5. The number of fused-ring (bicyclic) bond motifs is 1. The molecule has 5 heteroatoms. The molecule has 3 aromatic carbocycles. The largest absolute Gasteiger partial charge is 0.206 e. The lowest BCUT2D eigenvalue weighted by molar-refractivity contribution is 0.447. The number of hydrogen-bond donors (Lipinski definition) is 0. The molecule has 3 aromatic rings. The highest BCUT2D eigenvalue weighted by molar-refractivity contribution is 5.89. The number of benzene rings is 3. The van der Waals surface area contributed by atoms with Crippen LogP contribution in [-0.4, -0.2) is 0 Å². The van der Waals surface area contributed by atoms with Gasteiger partial charge in [-0.1, -0.05) is 37.6 Å². The Morgan fingerprint density at radius 2 is 1.25 bits per heavy atom. The van der Waals surface area contributed by atoms with Crippen LogP contribution in [-0.2, 0) is 0 Å². The average Bonchev–Trinajstić information content (AvgIpc) is 2.54. The Bertz CT molecular complexity index is 877. The average molecular weight is 338 g/mol. The molecule has 0 N–H and O–H groups in total. The molecule has 0 radical (unpaired) electrons. The predicted molar refractivity (Wildman–Crippen MR) is 85.3 cm³/mol. The van der Waals surface area contributed by atoms with Gasteiger partial charge in [0.2, 0.25) is 0 Å². The van der Waals surface area contributed by atoms with E-state index in [-0.39, 0.29) is 5.39 Å². The molecule has 0 atom stereocenters. The highest BCUT2D eigenvalue weighted by Crippen LogP contribution is 2.33. The van der Waals surface area contributed by atoms with Gasteiger partial charge in [0, 0.05) is 5.39 Å². The Morgan fingerprint density at radius 1 is 0.667 bits per heavy atom. The molecule has 0 amide bonds. The van der Waals surface area contributed by atoms with Gasteiger partial charge in [-0.3, -0.25) is 0 Å². The second-order valence-corrected chi connectivity index (χ2v) is 5.03. The van der Waals surface area contributed by atoms with Crippen molar-refractivity contribution in [1.29, 1.82) is 0 Å².